The number of alkyl halides is 6. The molecule has 2 aromatic rings. The Morgan fingerprint density at radius 3 is 2.13 bits per heavy atom. The van der Waals surface area contributed by atoms with Crippen LogP contribution in [0, 0.1) is 6.92 Å². The van der Waals surface area contributed by atoms with E-state index in [0.717, 1.165) is 12.1 Å². The molecular formula is C20H20F6N2O2. The average Bonchev–Trinajstić information content (AvgIpc) is 2.62. The van der Waals surface area contributed by atoms with Crippen molar-refractivity contribution >= 4 is 17.3 Å². The van der Waals surface area contributed by atoms with Crippen LogP contribution in [-0.4, -0.2) is 25.4 Å². The summed E-state index contributed by atoms with van der Waals surface area (Å²) in [6, 6.07) is 7.46. The summed E-state index contributed by atoms with van der Waals surface area (Å²) >= 11 is 0. The normalized spacial score (nSPS) is 12.7. The van der Waals surface area contributed by atoms with Gasteiger partial charge in [-0.25, -0.2) is 0 Å². The smallest absolute Gasteiger partial charge is 0.399 e. The number of rotatable bonds is 5. The van der Waals surface area contributed by atoms with Crippen molar-refractivity contribution in [2.45, 2.75) is 38.2 Å². The Kier molecular flexibility index (Phi) is 6.41. The third kappa shape index (κ3) is 4.09. The minimum Gasteiger partial charge on any atom is -0.399 e. The molecular weight excluding hydrogens is 414 g/mol. The van der Waals surface area contributed by atoms with Crippen molar-refractivity contribution in [1.29, 1.82) is 0 Å². The van der Waals surface area contributed by atoms with Crippen LogP contribution in [0.1, 0.15) is 34.0 Å². The van der Waals surface area contributed by atoms with Crippen LogP contribution in [0.15, 0.2) is 36.4 Å². The number of amides is 1. The van der Waals surface area contributed by atoms with Crippen LogP contribution in [0.4, 0.5) is 37.7 Å². The lowest BCUT2D eigenvalue weighted by atomic mass is 9.87. The van der Waals surface area contributed by atoms with Gasteiger partial charge >= 0.3 is 12.4 Å². The molecule has 0 radical (unpaired) electrons. The fourth-order valence-corrected chi connectivity index (χ4v) is 3.22. The van der Waals surface area contributed by atoms with Gasteiger partial charge in [0.1, 0.15) is 0 Å². The van der Waals surface area contributed by atoms with E-state index in [1.807, 2.05) is 0 Å². The van der Waals surface area contributed by atoms with Gasteiger partial charge in [0.15, 0.2) is 0 Å². The average molecular weight is 434 g/mol. The SMILES string of the molecule is CCc1cc(C(OC)(C(F)(F)F)C(F)(F)F)cc(C)c1NC(=O)c1cccc(N)c1. The van der Waals surface area contributed by atoms with E-state index >= 15 is 0 Å². The number of carbonyl (C=O) groups excluding carboxylic acids is 1. The molecule has 0 aliphatic heterocycles. The zero-order valence-electron chi connectivity index (χ0n) is 16.3. The summed E-state index contributed by atoms with van der Waals surface area (Å²) in [5.41, 5.74) is 0.792. The van der Waals surface area contributed by atoms with Crippen molar-refractivity contribution in [3.8, 4) is 0 Å². The van der Waals surface area contributed by atoms with Gasteiger partial charge in [-0.15, -0.1) is 0 Å². The summed E-state index contributed by atoms with van der Waals surface area (Å²) in [5.74, 6) is -0.600. The molecule has 164 valence electrons. The number of ether oxygens (including phenoxy) is 1. The highest BCUT2D eigenvalue weighted by molar-refractivity contribution is 6.05. The van der Waals surface area contributed by atoms with E-state index in [1.165, 1.54) is 19.1 Å². The quantitative estimate of drug-likeness (QED) is 0.492. The number of methoxy groups -OCH3 is 1. The topological polar surface area (TPSA) is 64.3 Å². The predicted octanol–water partition coefficient (Wildman–Crippen LogP) is 5.36. The predicted molar refractivity (Wildman–Crippen MR) is 100 cm³/mol. The van der Waals surface area contributed by atoms with E-state index < -0.39 is 29.4 Å². The van der Waals surface area contributed by atoms with Gasteiger partial charge in [0.2, 0.25) is 0 Å². The summed E-state index contributed by atoms with van der Waals surface area (Å²) < 4.78 is 85.5. The maximum atomic E-state index is 13.6. The first-order valence-electron chi connectivity index (χ1n) is 8.78. The number of halogens is 6. The van der Waals surface area contributed by atoms with Crippen LogP contribution in [0.2, 0.25) is 0 Å². The van der Waals surface area contributed by atoms with E-state index in [0.29, 0.717) is 12.8 Å². The summed E-state index contributed by atoms with van der Waals surface area (Å²) in [7, 11) is 0.359. The molecule has 0 saturated carbocycles. The van der Waals surface area contributed by atoms with Crippen molar-refractivity contribution in [2.75, 3.05) is 18.2 Å². The molecule has 0 aliphatic carbocycles. The number of hydrogen-bond donors (Lipinski definition) is 2. The number of hydrogen-bond acceptors (Lipinski definition) is 3. The highest BCUT2D eigenvalue weighted by Gasteiger charge is 2.73. The summed E-state index contributed by atoms with van der Waals surface area (Å²) in [4.78, 5) is 12.5. The Hall–Kier alpha value is -2.75. The lowest BCUT2D eigenvalue weighted by Crippen LogP contribution is -2.55. The Morgan fingerprint density at radius 1 is 1.07 bits per heavy atom. The highest BCUT2D eigenvalue weighted by Crippen LogP contribution is 2.53. The van der Waals surface area contributed by atoms with Crippen molar-refractivity contribution < 1.29 is 35.9 Å². The molecule has 4 nitrogen and oxygen atoms in total. The Labute approximate surface area is 169 Å². The monoisotopic (exact) mass is 434 g/mol. The standard InChI is InChI=1S/C20H20F6N2O2/c1-4-12-9-14(18(30-3,19(21,22)23)20(24,25)26)8-11(2)16(12)28-17(29)13-6-5-7-15(27)10-13/h5-10H,4,27H2,1-3H3,(H,28,29). The van der Waals surface area contributed by atoms with E-state index in [9.17, 15) is 31.1 Å². The zero-order chi connectivity index (χ0) is 22.9. The Morgan fingerprint density at radius 2 is 1.67 bits per heavy atom. The van der Waals surface area contributed by atoms with Crippen LogP contribution >= 0.6 is 0 Å². The Balaban J connectivity index is 2.60. The molecule has 0 bridgehead atoms. The van der Waals surface area contributed by atoms with Gasteiger partial charge < -0.3 is 15.8 Å². The number of nitrogen functional groups attached to an aromatic ring is 1. The molecule has 0 fully saturated rings. The first-order valence-corrected chi connectivity index (χ1v) is 8.78. The number of nitrogens with one attached hydrogen (secondary N) is 1. The molecule has 0 heterocycles. The molecule has 2 aromatic carbocycles. The van der Waals surface area contributed by atoms with Crippen LogP contribution in [-0.2, 0) is 16.8 Å². The fraction of sp³-hybridized carbons (Fsp3) is 0.350. The summed E-state index contributed by atoms with van der Waals surface area (Å²) in [6.07, 6.45) is -11.5. The van der Waals surface area contributed by atoms with Crippen molar-refractivity contribution in [2.24, 2.45) is 0 Å². The number of nitrogens with two attached hydrogens (primary N) is 1. The van der Waals surface area contributed by atoms with Crippen LogP contribution in [0.25, 0.3) is 0 Å². The maximum absolute atomic E-state index is 13.6. The second-order valence-electron chi connectivity index (χ2n) is 6.64. The highest BCUT2D eigenvalue weighted by atomic mass is 19.4. The fourth-order valence-electron chi connectivity index (χ4n) is 3.22. The van der Waals surface area contributed by atoms with Gasteiger partial charge in [0.05, 0.1) is 0 Å². The van der Waals surface area contributed by atoms with Crippen LogP contribution in [0.3, 0.4) is 0 Å². The molecule has 0 aliphatic rings. The molecule has 0 saturated heterocycles. The van der Waals surface area contributed by atoms with Gasteiger partial charge in [0, 0.05) is 29.6 Å². The first kappa shape index (κ1) is 23.5. The van der Waals surface area contributed by atoms with E-state index in [2.05, 4.69) is 10.1 Å². The first-order chi connectivity index (χ1) is 13.8. The summed E-state index contributed by atoms with van der Waals surface area (Å²) in [5, 5.41) is 2.55. The molecule has 0 unspecified atom stereocenters. The minimum absolute atomic E-state index is 0.0246. The molecule has 2 rings (SSSR count). The zero-order valence-corrected chi connectivity index (χ0v) is 16.3. The van der Waals surface area contributed by atoms with E-state index in [-0.39, 0.29) is 28.8 Å². The van der Waals surface area contributed by atoms with Gasteiger partial charge in [-0.05, 0) is 42.7 Å². The Bertz CT molecular complexity index is 924. The van der Waals surface area contributed by atoms with Crippen LogP contribution < -0.4 is 11.1 Å². The molecule has 0 spiro atoms. The lowest BCUT2D eigenvalue weighted by Gasteiger charge is -2.37. The van der Waals surface area contributed by atoms with Crippen LogP contribution in [0.5, 0.6) is 0 Å². The van der Waals surface area contributed by atoms with Gasteiger partial charge in [-0.3, -0.25) is 4.79 Å². The molecule has 30 heavy (non-hydrogen) atoms. The van der Waals surface area contributed by atoms with Crippen molar-refractivity contribution in [3.63, 3.8) is 0 Å². The third-order valence-electron chi connectivity index (χ3n) is 4.70. The number of aryl methyl sites for hydroxylation is 2. The molecule has 10 heteroatoms. The van der Waals surface area contributed by atoms with E-state index in [1.54, 1.807) is 19.1 Å². The lowest BCUT2D eigenvalue weighted by molar-refractivity contribution is -0.383. The minimum atomic E-state index is -5.76. The molecule has 0 atom stereocenters. The second kappa shape index (κ2) is 8.17. The van der Waals surface area contributed by atoms with Gasteiger partial charge in [-0.1, -0.05) is 25.1 Å². The third-order valence-corrected chi connectivity index (χ3v) is 4.70. The van der Waals surface area contributed by atoms with Gasteiger partial charge in [0.25, 0.3) is 11.5 Å². The molecule has 0 aromatic heterocycles. The van der Waals surface area contributed by atoms with Crippen molar-refractivity contribution in [1.82, 2.24) is 0 Å². The number of anilines is 2. The number of benzene rings is 2. The van der Waals surface area contributed by atoms with Crippen molar-refractivity contribution in [3.05, 3.63) is 58.7 Å². The largest absolute Gasteiger partial charge is 0.430 e. The second-order valence-corrected chi connectivity index (χ2v) is 6.64. The van der Waals surface area contributed by atoms with Gasteiger partial charge in [-0.2, -0.15) is 26.3 Å². The summed E-state index contributed by atoms with van der Waals surface area (Å²) in [6.45, 7) is 2.86. The van der Waals surface area contributed by atoms with E-state index in [4.69, 9.17) is 5.73 Å². The maximum Gasteiger partial charge on any atom is 0.430 e. The molecule has 3 N–H and O–H groups in total. The number of carbonyl (C=O) groups is 1. The molecule has 1 amide bonds.